The van der Waals surface area contributed by atoms with E-state index in [1.54, 1.807) is 12.1 Å². The van der Waals surface area contributed by atoms with Crippen LogP contribution in [0.5, 0.6) is 11.6 Å². The van der Waals surface area contributed by atoms with Crippen molar-refractivity contribution >= 4 is 33.4 Å². The quantitative estimate of drug-likeness (QED) is 0.608. The van der Waals surface area contributed by atoms with Crippen LogP contribution in [0.15, 0.2) is 59.5 Å². The highest BCUT2D eigenvalue weighted by Crippen LogP contribution is 2.23. The van der Waals surface area contributed by atoms with Crippen molar-refractivity contribution in [2.45, 2.75) is 11.8 Å². The summed E-state index contributed by atoms with van der Waals surface area (Å²) >= 11 is 5.78. The van der Waals surface area contributed by atoms with Gasteiger partial charge >= 0.3 is 5.97 Å². The van der Waals surface area contributed by atoms with Gasteiger partial charge in [0.25, 0.3) is 10.0 Å². The number of nitrogen functional groups attached to an aromatic ring is 1. The summed E-state index contributed by atoms with van der Waals surface area (Å²) in [7, 11) is -4.07. The van der Waals surface area contributed by atoms with E-state index in [1.807, 2.05) is 6.92 Å². The average Bonchev–Trinajstić information content (AvgIpc) is 3.03. The number of esters is 1. The Labute approximate surface area is 166 Å². The summed E-state index contributed by atoms with van der Waals surface area (Å²) in [5.74, 6) is -0.676. The van der Waals surface area contributed by atoms with Crippen molar-refractivity contribution in [2.24, 2.45) is 0 Å². The summed E-state index contributed by atoms with van der Waals surface area (Å²) in [6, 6.07) is 13.0. The molecule has 0 atom stereocenters. The standard InChI is InChI=1S/C18H16ClN3O5S/c1-2-26-14-5-3-4-12(10-14)18(23)27-17-11-16(20)22(21-17)28(24,25)15-8-6-13(19)7-9-15/h3-11H,2,20H2,1H3. The van der Waals surface area contributed by atoms with Crippen LogP contribution in [0.1, 0.15) is 17.3 Å². The van der Waals surface area contributed by atoms with Gasteiger partial charge in [-0.15, -0.1) is 9.19 Å². The molecular weight excluding hydrogens is 406 g/mol. The number of nitrogens with zero attached hydrogens (tertiary/aromatic N) is 2. The molecule has 0 spiro atoms. The number of aromatic nitrogens is 2. The van der Waals surface area contributed by atoms with Gasteiger partial charge in [-0.3, -0.25) is 0 Å². The summed E-state index contributed by atoms with van der Waals surface area (Å²) in [5, 5.41) is 4.19. The Hall–Kier alpha value is -3.04. The Bertz CT molecular complexity index is 1110. The fraction of sp³-hybridized carbons (Fsp3) is 0.111. The normalized spacial score (nSPS) is 11.2. The van der Waals surface area contributed by atoms with Gasteiger partial charge in [-0.25, -0.2) is 4.79 Å². The predicted molar refractivity (Wildman–Crippen MR) is 103 cm³/mol. The molecule has 2 aromatic carbocycles. The van der Waals surface area contributed by atoms with Crippen LogP contribution in [0.3, 0.4) is 0 Å². The summed E-state index contributed by atoms with van der Waals surface area (Å²) in [6.45, 7) is 2.27. The zero-order valence-electron chi connectivity index (χ0n) is 14.7. The van der Waals surface area contributed by atoms with Crippen molar-refractivity contribution < 1.29 is 22.7 Å². The van der Waals surface area contributed by atoms with Crippen molar-refractivity contribution in [1.82, 2.24) is 9.19 Å². The van der Waals surface area contributed by atoms with E-state index in [0.29, 0.717) is 21.5 Å². The van der Waals surface area contributed by atoms with Crippen LogP contribution in [0.25, 0.3) is 0 Å². The predicted octanol–water partition coefficient (Wildman–Crippen LogP) is 2.97. The van der Waals surface area contributed by atoms with Gasteiger partial charge in [-0.05, 0) is 49.4 Å². The first kappa shape index (κ1) is 19.7. The third kappa shape index (κ3) is 4.10. The molecule has 2 N–H and O–H groups in total. The Morgan fingerprint density at radius 1 is 1.18 bits per heavy atom. The molecular formula is C18H16ClN3O5S. The Morgan fingerprint density at radius 2 is 1.89 bits per heavy atom. The first-order valence-electron chi connectivity index (χ1n) is 8.13. The fourth-order valence-corrected chi connectivity index (χ4v) is 3.66. The van der Waals surface area contributed by atoms with Crippen LogP contribution in [-0.2, 0) is 10.0 Å². The summed E-state index contributed by atoms with van der Waals surface area (Å²) in [4.78, 5) is 12.3. The lowest BCUT2D eigenvalue weighted by atomic mass is 10.2. The molecule has 8 nitrogen and oxygen atoms in total. The molecule has 1 heterocycles. The molecule has 0 bridgehead atoms. The number of nitrogens with two attached hydrogens (primary N) is 1. The van der Waals surface area contributed by atoms with Gasteiger partial charge in [0.1, 0.15) is 11.6 Å². The number of carbonyl (C=O) groups excluding carboxylic acids is 1. The first-order valence-corrected chi connectivity index (χ1v) is 9.95. The Morgan fingerprint density at radius 3 is 2.57 bits per heavy atom. The van der Waals surface area contributed by atoms with E-state index in [0.717, 1.165) is 6.07 Å². The average molecular weight is 422 g/mol. The van der Waals surface area contributed by atoms with E-state index in [4.69, 9.17) is 26.8 Å². The van der Waals surface area contributed by atoms with Gasteiger partial charge in [-0.1, -0.05) is 17.7 Å². The molecule has 0 saturated carbocycles. The number of hydrogen-bond donors (Lipinski definition) is 1. The van der Waals surface area contributed by atoms with Crippen molar-refractivity contribution in [3.63, 3.8) is 0 Å². The second-order valence-electron chi connectivity index (χ2n) is 5.56. The highest BCUT2D eigenvalue weighted by molar-refractivity contribution is 7.90. The number of hydrogen-bond acceptors (Lipinski definition) is 7. The maximum atomic E-state index is 12.7. The van der Waals surface area contributed by atoms with Gasteiger partial charge in [0.05, 0.1) is 17.1 Å². The minimum Gasteiger partial charge on any atom is -0.494 e. The maximum absolute atomic E-state index is 12.7. The number of ether oxygens (including phenoxy) is 2. The molecule has 0 fully saturated rings. The minimum atomic E-state index is -4.07. The zero-order valence-corrected chi connectivity index (χ0v) is 16.3. The Kier molecular flexibility index (Phi) is 5.57. The first-order chi connectivity index (χ1) is 13.3. The highest BCUT2D eigenvalue weighted by atomic mass is 35.5. The third-order valence-corrected chi connectivity index (χ3v) is 5.47. The lowest BCUT2D eigenvalue weighted by molar-refractivity contribution is 0.0726. The number of carbonyl (C=O) groups is 1. The smallest absolute Gasteiger partial charge is 0.345 e. The molecule has 3 rings (SSSR count). The lowest BCUT2D eigenvalue weighted by Crippen LogP contribution is -2.17. The molecule has 0 aliphatic rings. The molecule has 1 aromatic heterocycles. The molecule has 3 aromatic rings. The summed E-state index contributed by atoms with van der Waals surface area (Å²) in [5.41, 5.74) is 5.98. The second kappa shape index (κ2) is 7.91. The van der Waals surface area contributed by atoms with Crippen molar-refractivity contribution in [3.8, 4) is 11.6 Å². The number of benzene rings is 2. The second-order valence-corrected chi connectivity index (χ2v) is 7.76. The molecule has 0 aliphatic carbocycles. The molecule has 0 saturated heterocycles. The lowest BCUT2D eigenvalue weighted by Gasteiger charge is -2.06. The van der Waals surface area contributed by atoms with Gasteiger partial charge in [0.2, 0.25) is 5.88 Å². The van der Waals surface area contributed by atoms with Crippen LogP contribution < -0.4 is 15.2 Å². The van der Waals surface area contributed by atoms with Crippen molar-refractivity contribution in [1.29, 1.82) is 0 Å². The van der Waals surface area contributed by atoms with E-state index in [-0.39, 0.29) is 22.2 Å². The van der Waals surface area contributed by atoms with Crippen LogP contribution in [0.4, 0.5) is 5.82 Å². The van der Waals surface area contributed by atoms with E-state index in [2.05, 4.69) is 5.10 Å². The van der Waals surface area contributed by atoms with Crippen LogP contribution >= 0.6 is 11.6 Å². The zero-order chi connectivity index (χ0) is 20.3. The number of rotatable bonds is 6. The van der Waals surface area contributed by atoms with E-state index >= 15 is 0 Å². The van der Waals surface area contributed by atoms with E-state index in [9.17, 15) is 13.2 Å². The van der Waals surface area contributed by atoms with E-state index in [1.165, 1.54) is 36.4 Å². The van der Waals surface area contributed by atoms with Crippen molar-refractivity contribution in [3.05, 3.63) is 65.2 Å². The summed E-state index contributed by atoms with van der Waals surface area (Å²) in [6.07, 6.45) is 0. The molecule has 0 amide bonds. The molecule has 0 aliphatic heterocycles. The van der Waals surface area contributed by atoms with E-state index < -0.39 is 16.0 Å². The van der Waals surface area contributed by atoms with Crippen LogP contribution in [0, 0.1) is 0 Å². The van der Waals surface area contributed by atoms with Gasteiger partial charge in [0.15, 0.2) is 0 Å². The molecule has 0 radical (unpaired) electrons. The largest absolute Gasteiger partial charge is 0.494 e. The molecule has 10 heteroatoms. The van der Waals surface area contributed by atoms with Crippen molar-refractivity contribution in [2.75, 3.05) is 12.3 Å². The number of anilines is 1. The SMILES string of the molecule is CCOc1cccc(C(=O)Oc2cc(N)n(S(=O)(=O)c3ccc(Cl)cc3)n2)c1. The van der Waals surface area contributed by atoms with Gasteiger partial charge in [0, 0.05) is 11.1 Å². The monoisotopic (exact) mass is 421 g/mol. The number of halogens is 1. The van der Waals surface area contributed by atoms with Gasteiger partial charge in [-0.2, -0.15) is 8.42 Å². The topological polar surface area (TPSA) is 114 Å². The van der Waals surface area contributed by atoms with Crippen LogP contribution in [-0.4, -0.2) is 30.2 Å². The minimum absolute atomic E-state index is 0.0611. The molecule has 28 heavy (non-hydrogen) atoms. The highest BCUT2D eigenvalue weighted by Gasteiger charge is 2.23. The summed E-state index contributed by atoms with van der Waals surface area (Å²) < 4.78 is 36.4. The molecule has 146 valence electrons. The fourth-order valence-electron chi connectivity index (χ4n) is 2.34. The molecule has 0 unspecified atom stereocenters. The van der Waals surface area contributed by atoms with Crippen LogP contribution in [0.2, 0.25) is 5.02 Å². The maximum Gasteiger partial charge on any atom is 0.345 e. The third-order valence-electron chi connectivity index (χ3n) is 3.60. The Balaban J connectivity index is 1.85. The van der Waals surface area contributed by atoms with Gasteiger partial charge < -0.3 is 15.2 Å².